The van der Waals surface area contributed by atoms with E-state index in [-0.39, 0.29) is 30.1 Å². The van der Waals surface area contributed by atoms with E-state index in [9.17, 15) is 9.59 Å². The fourth-order valence-corrected chi connectivity index (χ4v) is 3.93. The average Bonchev–Trinajstić information content (AvgIpc) is 2.88. The van der Waals surface area contributed by atoms with E-state index < -0.39 is 11.5 Å². The van der Waals surface area contributed by atoms with Crippen LogP contribution >= 0.6 is 23.2 Å². The highest BCUT2D eigenvalue weighted by Crippen LogP contribution is 2.23. The number of nitrogens with two attached hydrogens (primary N) is 1. The van der Waals surface area contributed by atoms with Crippen molar-refractivity contribution >= 4 is 34.9 Å². The summed E-state index contributed by atoms with van der Waals surface area (Å²) in [5.74, 6) is 0.348. The smallest absolute Gasteiger partial charge is 0.294 e. The first-order valence-electron chi connectivity index (χ1n) is 11.8. The lowest BCUT2D eigenvalue weighted by atomic mass is 10.1. The van der Waals surface area contributed by atoms with Crippen LogP contribution in [0.1, 0.15) is 30.9 Å². The SMILES string of the molecule is CCCCOc1ccc(Cl)cc1CNC(=O)Cn1c(Cl)cnc(N[C@H](CN)Cc2ccccc2)c1=O. The summed E-state index contributed by atoms with van der Waals surface area (Å²) in [4.78, 5) is 29.9. The van der Waals surface area contributed by atoms with Gasteiger partial charge in [-0.15, -0.1) is 0 Å². The Labute approximate surface area is 220 Å². The first-order valence-corrected chi connectivity index (χ1v) is 12.6. The molecule has 0 aliphatic rings. The summed E-state index contributed by atoms with van der Waals surface area (Å²) in [7, 11) is 0. The third-order valence-electron chi connectivity index (χ3n) is 5.51. The number of anilines is 1. The second kappa shape index (κ2) is 13.9. The quantitative estimate of drug-likeness (QED) is 0.287. The number of hydrogen-bond donors (Lipinski definition) is 3. The molecule has 0 saturated carbocycles. The lowest BCUT2D eigenvalue weighted by Gasteiger charge is -2.18. The van der Waals surface area contributed by atoms with Gasteiger partial charge in [-0.05, 0) is 36.6 Å². The minimum Gasteiger partial charge on any atom is -0.493 e. The summed E-state index contributed by atoms with van der Waals surface area (Å²) in [6.07, 6.45) is 3.88. The van der Waals surface area contributed by atoms with Crippen molar-refractivity contribution in [1.82, 2.24) is 14.9 Å². The number of ether oxygens (including phenoxy) is 1. The maximum Gasteiger partial charge on any atom is 0.294 e. The summed E-state index contributed by atoms with van der Waals surface area (Å²) in [6.45, 7) is 2.87. The van der Waals surface area contributed by atoms with E-state index in [2.05, 4.69) is 22.5 Å². The number of benzene rings is 2. The van der Waals surface area contributed by atoms with Crippen molar-refractivity contribution in [3.05, 3.63) is 86.4 Å². The van der Waals surface area contributed by atoms with E-state index in [1.54, 1.807) is 18.2 Å². The number of hydrogen-bond acceptors (Lipinski definition) is 6. The number of unbranched alkanes of at least 4 members (excludes halogenated alkanes) is 1. The summed E-state index contributed by atoms with van der Waals surface area (Å²) < 4.78 is 6.98. The molecule has 1 aromatic heterocycles. The zero-order valence-electron chi connectivity index (χ0n) is 20.2. The van der Waals surface area contributed by atoms with E-state index in [0.717, 1.165) is 24.0 Å². The monoisotopic (exact) mass is 531 g/mol. The minimum absolute atomic E-state index is 0.0550. The van der Waals surface area contributed by atoms with Gasteiger partial charge in [0.2, 0.25) is 5.91 Å². The van der Waals surface area contributed by atoms with Gasteiger partial charge in [0.25, 0.3) is 5.56 Å². The van der Waals surface area contributed by atoms with Crippen molar-refractivity contribution in [2.24, 2.45) is 5.73 Å². The number of halogens is 2. The zero-order chi connectivity index (χ0) is 25.9. The topological polar surface area (TPSA) is 111 Å². The predicted octanol–water partition coefficient (Wildman–Crippen LogP) is 4.03. The molecule has 1 amide bonds. The largest absolute Gasteiger partial charge is 0.493 e. The number of carbonyl (C=O) groups excluding carboxylic acids is 1. The van der Waals surface area contributed by atoms with Crippen LogP contribution in [0.25, 0.3) is 0 Å². The van der Waals surface area contributed by atoms with Crippen molar-refractivity contribution in [2.45, 2.75) is 45.3 Å². The molecule has 3 rings (SSSR count). The summed E-state index contributed by atoms with van der Waals surface area (Å²) in [6, 6.07) is 14.9. The average molecular weight is 532 g/mol. The van der Waals surface area contributed by atoms with Crippen molar-refractivity contribution in [3.63, 3.8) is 0 Å². The van der Waals surface area contributed by atoms with Crippen LogP contribution in [0.4, 0.5) is 5.82 Å². The molecule has 0 radical (unpaired) electrons. The van der Waals surface area contributed by atoms with Crippen LogP contribution in [0.15, 0.2) is 59.5 Å². The number of aromatic nitrogens is 2. The molecule has 10 heteroatoms. The van der Waals surface area contributed by atoms with Crippen LogP contribution in [0, 0.1) is 0 Å². The number of carbonyl (C=O) groups is 1. The number of nitrogens with zero attached hydrogens (tertiary/aromatic N) is 2. The molecule has 8 nitrogen and oxygen atoms in total. The fourth-order valence-electron chi connectivity index (χ4n) is 3.55. The van der Waals surface area contributed by atoms with E-state index >= 15 is 0 Å². The third-order valence-corrected chi connectivity index (χ3v) is 6.05. The summed E-state index contributed by atoms with van der Waals surface area (Å²) in [5.41, 5.74) is 7.23. The highest BCUT2D eigenvalue weighted by molar-refractivity contribution is 6.30. The van der Waals surface area contributed by atoms with E-state index in [4.69, 9.17) is 33.7 Å². The van der Waals surface area contributed by atoms with Gasteiger partial charge in [0.15, 0.2) is 5.82 Å². The van der Waals surface area contributed by atoms with Gasteiger partial charge in [-0.3, -0.25) is 14.2 Å². The molecule has 0 aliphatic heterocycles. The van der Waals surface area contributed by atoms with Crippen LogP contribution in [0.3, 0.4) is 0 Å². The molecule has 1 atom stereocenters. The zero-order valence-corrected chi connectivity index (χ0v) is 21.7. The van der Waals surface area contributed by atoms with Crippen molar-refractivity contribution in [3.8, 4) is 5.75 Å². The van der Waals surface area contributed by atoms with Gasteiger partial charge in [0.05, 0.1) is 12.8 Å². The van der Waals surface area contributed by atoms with Crippen molar-refractivity contribution < 1.29 is 9.53 Å². The minimum atomic E-state index is -0.504. The van der Waals surface area contributed by atoms with E-state index in [1.165, 1.54) is 10.8 Å². The van der Waals surface area contributed by atoms with Crippen LogP contribution in [0.5, 0.6) is 5.75 Å². The van der Waals surface area contributed by atoms with Gasteiger partial charge in [-0.25, -0.2) is 4.98 Å². The molecule has 0 bridgehead atoms. The lowest BCUT2D eigenvalue weighted by Crippen LogP contribution is -2.37. The normalized spacial score (nSPS) is 11.7. The lowest BCUT2D eigenvalue weighted by molar-refractivity contribution is -0.121. The van der Waals surface area contributed by atoms with Crippen molar-refractivity contribution in [2.75, 3.05) is 18.5 Å². The standard InChI is InChI=1S/C26H31Cl2N5O3/c1-2-3-11-36-22-10-9-20(27)13-19(22)15-30-24(34)17-33-23(28)16-31-25(26(33)35)32-21(14-29)12-18-7-5-4-6-8-18/h4-10,13,16,21H,2-3,11-12,14-15,17,29H2,1H3,(H,30,34)(H,31,32)/t21-/m0/s1. The molecule has 0 aliphatic carbocycles. The fraction of sp³-hybridized carbons (Fsp3) is 0.346. The molecule has 0 unspecified atom stereocenters. The molecule has 4 N–H and O–H groups in total. The van der Waals surface area contributed by atoms with Gasteiger partial charge in [0.1, 0.15) is 17.4 Å². The molecule has 0 fully saturated rings. The molecule has 2 aromatic carbocycles. The molecular formula is C26H31Cl2N5O3. The Morgan fingerprint density at radius 1 is 1.19 bits per heavy atom. The Morgan fingerprint density at radius 2 is 1.97 bits per heavy atom. The van der Waals surface area contributed by atoms with Crippen molar-refractivity contribution in [1.29, 1.82) is 0 Å². The molecule has 0 spiro atoms. The van der Waals surface area contributed by atoms with Gasteiger partial charge in [-0.1, -0.05) is 66.9 Å². The molecular weight excluding hydrogens is 501 g/mol. The first-order chi connectivity index (χ1) is 17.4. The molecule has 1 heterocycles. The van der Waals surface area contributed by atoms with Crippen LogP contribution in [-0.4, -0.2) is 34.7 Å². The molecule has 192 valence electrons. The van der Waals surface area contributed by atoms with Gasteiger partial charge in [-0.2, -0.15) is 0 Å². The molecule has 0 saturated heterocycles. The number of nitrogens with one attached hydrogen (secondary N) is 2. The summed E-state index contributed by atoms with van der Waals surface area (Å²) >= 11 is 12.3. The van der Waals surface area contributed by atoms with Gasteiger partial charge in [0, 0.05) is 29.7 Å². The highest BCUT2D eigenvalue weighted by atomic mass is 35.5. The summed E-state index contributed by atoms with van der Waals surface area (Å²) in [5, 5.41) is 6.49. The Hall–Kier alpha value is -3.07. The van der Waals surface area contributed by atoms with Crippen LogP contribution < -0.4 is 26.7 Å². The van der Waals surface area contributed by atoms with Gasteiger partial charge >= 0.3 is 0 Å². The number of rotatable bonds is 13. The molecule has 36 heavy (non-hydrogen) atoms. The Bertz CT molecular complexity index is 1200. The van der Waals surface area contributed by atoms with Crippen LogP contribution in [-0.2, 0) is 24.3 Å². The van der Waals surface area contributed by atoms with E-state index in [0.29, 0.717) is 30.3 Å². The Morgan fingerprint density at radius 3 is 2.69 bits per heavy atom. The maximum absolute atomic E-state index is 13.0. The van der Waals surface area contributed by atoms with Crippen LogP contribution in [0.2, 0.25) is 10.2 Å². The Kier molecular flexibility index (Phi) is 10.6. The Balaban J connectivity index is 1.67. The van der Waals surface area contributed by atoms with E-state index in [1.807, 2.05) is 30.3 Å². The van der Waals surface area contributed by atoms with Gasteiger partial charge < -0.3 is 21.1 Å². The second-order valence-electron chi connectivity index (χ2n) is 8.32. The first kappa shape index (κ1) is 27.5. The highest BCUT2D eigenvalue weighted by Gasteiger charge is 2.16. The third kappa shape index (κ3) is 7.98. The number of amides is 1. The predicted molar refractivity (Wildman–Crippen MR) is 144 cm³/mol. The molecule has 3 aromatic rings. The second-order valence-corrected chi connectivity index (χ2v) is 9.14. The maximum atomic E-state index is 13.0.